The van der Waals surface area contributed by atoms with Crippen molar-refractivity contribution in [2.75, 3.05) is 6.61 Å². The third kappa shape index (κ3) is 2.79. The lowest BCUT2D eigenvalue weighted by molar-refractivity contribution is 0.0493. The quantitative estimate of drug-likeness (QED) is 0.785. The highest BCUT2D eigenvalue weighted by Crippen LogP contribution is 2.10. The average molecular weight is 223 g/mol. The van der Waals surface area contributed by atoms with E-state index < -0.39 is 11.9 Å². The molecule has 0 fully saturated rings. The SMILES string of the molecule is CCCOC(=O)c1cc(C)cnc1C(=O)O. The zero-order valence-corrected chi connectivity index (χ0v) is 9.19. The second-order valence-corrected chi connectivity index (χ2v) is 3.35. The van der Waals surface area contributed by atoms with Crippen LogP contribution in [0.3, 0.4) is 0 Å². The van der Waals surface area contributed by atoms with Crippen LogP contribution in [0.15, 0.2) is 12.3 Å². The molecule has 5 heteroatoms. The average Bonchev–Trinajstić information content (AvgIpc) is 2.25. The molecular weight excluding hydrogens is 210 g/mol. The molecule has 1 aromatic heterocycles. The summed E-state index contributed by atoms with van der Waals surface area (Å²) in [5.74, 6) is -1.88. The van der Waals surface area contributed by atoms with Crippen LogP contribution in [0, 0.1) is 6.92 Å². The summed E-state index contributed by atoms with van der Waals surface area (Å²) in [5.41, 5.74) is 0.445. The lowest BCUT2D eigenvalue weighted by atomic mass is 10.1. The van der Waals surface area contributed by atoms with Gasteiger partial charge in [-0.05, 0) is 25.0 Å². The first kappa shape index (κ1) is 12.2. The first-order valence-electron chi connectivity index (χ1n) is 4.93. The van der Waals surface area contributed by atoms with Crippen molar-refractivity contribution < 1.29 is 19.4 Å². The predicted octanol–water partition coefficient (Wildman–Crippen LogP) is 1.66. The van der Waals surface area contributed by atoms with Crippen LogP contribution < -0.4 is 0 Å². The number of pyridine rings is 1. The van der Waals surface area contributed by atoms with Crippen LogP contribution in [-0.4, -0.2) is 28.6 Å². The van der Waals surface area contributed by atoms with Crippen molar-refractivity contribution in [2.45, 2.75) is 20.3 Å². The molecule has 5 nitrogen and oxygen atoms in total. The van der Waals surface area contributed by atoms with Gasteiger partial charge >= 0.3 is 11.9 Å². The number of esters is 1. The van der Waals surface area contributed by atoms with Gasteiger partial charge in [0.05, 0.1) is 12.2 Å². The van der Waals surface area contributed by atoms with E-state index in [1.54, 1.807) is 6.92 Å². The van der Waals surface area contributed by atoms with E-state index in [-0.39, 0.29) is 17.9 Å². The highest BCUT2D eigenvalue weighted by Gasteiger charge is 2.19. The maximum absolute atomic E-state index is 11.6. The van der Waals surface area contributed by atoms with Gasteiger partial charge in [0.2, 0.25) is 0 Å². The van der Waals surface area contributed by atoms with Crippen LogP contribution in [0.25, 0.3) is 0 Å². The first-order chi connectivity index (χ1) is 7.56. The Morgan fingerprint density at radius 2 is 2.19 bits per heavy atom. The minimum Gasteiger partial charge on any atom is -0.476 e. The predicted molar refractivity (Wildman–Crippen MR) is 56.5 cm³/mol. The summed E-state index contributed by atoms with van der Waals surface area (Å²) < 4.78 is 4.88. The maximum Gasteiger partial charge on any atom is 0.355 e. The normalized spacial score (nSPS) is 9.88. The van der Waals surface area contributed by atoms with Gasteiger partial charge in [0.25, 0.3) is 0 Å². The van der Waals surface area contributed by atoms with E-state index in [0.29, 0.717) is 12.0 Å². The van der Waals surface area contributed by atoms with E-state index in [9.17, 15) is 9.59 Å². The Hall–Kier alpha value is -1.91. The van der Waals surface area contributed by atoms with Gasteiger partial charge in [-0.1, -0.05) is 6.92 Å². The fourth-order valence-corrected chi connectivity index (χ4v) is 1.17. The minimum absolute atomic E-state index is 0.000880. The summed E-state index contributed by atoms with van der Waals surface area (Å²) in [6.45, 7) is 3.86. The molecule has 0 amide bonds. The van der Waals surface area contributed by atoms with E-state index in [0.717, 1.165) is 0 Å². The van der Waals surface area contributed by atoms with E-state index in [1.165, 1.54) is 12.3 Å². The van der Waals surface area contributed by atoms with Gasteiger partial charge in [0.15, 0.2) is 5.69 Å². The van der Waals surface area contributed by atoms with Crippen molar-refractivity contribution in [3.63, 3.8) is 0 Å². The van der Waals surface area contributed by atoms with E-state index in [2.05, 4.69) is 4.98 Å². The standard InChI is InChI=1S/C11H13NO4/c1-3-4-16-11(15)8-5-7(2)6-12-9(8)10(13)14/h5-6H,3-4H2,1-2H3,(H,13,14). The number of hydrogen-bond donors (Lipinski definition) is 1. The number of nitrogens with zero attached hydrogens (tertiary/aromatic N) is 1. The molecule has 0 aromatic carbocycles. The zero-order chi connectivity index (χ0) is 12.1. The molecule has 0 spiro atoms. The highest BCUT2D eigenvalue weighted by atomic mass is 16.5. The van der Waals surface area contributed by atoms with Gasteiger partial charge in [-0.3, -0.25) is 0 Å². The maximum atomic E-state index is 11.6. The van der Waals surface area contributed by atoms with Crippen LogP contribution in [0.2, 0.25) is 0 Å². The second-order valence-electron chi connectivity index (χ2n) is 3.35. The molecule has 0 aliphatic heterocycles. The van der Waals surface area contributed by atoms with Gasteiger partial charge in [0.1, 0.15) is 0 Å². The van der Waals surface area contributed by atoms with Gasteiger partial charge < -0.3 is 9.84 Å². The number of carboxylic acids is 1. The molecule has 16 heavy (non-hydrogen) atoms. The summed E-state index contributed by atoms with van der Waals surface area (Å²) in [4.78, 5) is 26.1. The fourth-order valence-electron chi connectivity index (χ4n) is 1.17. The molecular formula is C11H13NO4. The van der Waals surface area contributed by atoms with Crippen molar-refractivity contribution in [2.24, 2.45) is 0 Å². The van der Waals surface area contributed by atoms with E-state index in [4.69, 9.17) is 9.84 Å². The zero-order valence-electron chi connectivity index (χ0n) is 9.19. The van der Waals surface area contributed by atoms with Crippen LogP contribution in [0.5, 0.6) is 0 Å². The molecule has 86 valence electrons. The van der Waals surface area contributed by atoms with Crippen LogP contribution in [0.4, 0.5) is 0 Å². The molecule has 0 saturated carbocycles. The summed E-state index contributed by atoms with van der Waals surface area (Å²) in [6.07, 6.45) is 2.09. The molecule has 1 rings (SSSR count). The molecule has 0 saturated heterocycles. The number of aromatic nitrogens is 1. The van der Waals surface area contributed by atoms with Gasteiger partial charge in [0, 0.05) is 6.20 Å². The highest BCUT2D eigenvalue weighted by molar-refractivity contribution is 6.01. The summed E-state index contributed by atoms with van der Waals surface area (Å²) >= 11 is 0. The van der Waals surface area contributed by atoms with Gasteiger partial charge in [-0.15, -0.1) is 0 Å². The molecule has 0 atom stereocenters. The Kier molecular flexibility index (Phi) is 3.99. The molecule has 1 N–H and O–H groups in total. The smallest absolute Gasteiger partial charge is 0.355 e. The van der Waals surface area contributed by atoms with Crippen molar-refractivity contribution in [3.05, 3.63) is 29.1 Å². The largest absolute Gasteiger partial charge is 0.476 e. The number of carboxylic acid groups (broad SMARTS) is 1. The second kappa shape index (κ2) is 5.25. The molecule has 1 aromatic rings. The monoisotopic (exact) mass is 223 g/mol. The van der Waals surface area contributed by atoms with Crippen LogP contribution in [-0.2, 0) is 4.74 Å². The molecule has 0 aliphatic carbocycles. The van der Waals surface area contributed by atoms with E-state index >= 15 is 0 Å². The van der Waals surface area contributed by atoms with Crippen molar-refractivity contribution >= 4 is 11.9 Å². The topological polar surface area (TPSA) is 76.5 Å². The first-order valence-corrected chi connectivity index (χ1v) is 4.93. The molecule has 1 heterocycles. The number of carbonyl (C=O) groups excluding carboxylic acids is 1. The van der Waals surface area contributed by atoms with Crippen molar-refractivity contribution in [1.82, 2.24) is 4.98 Å². The van der Waals surface area contributed by atoms with Gasteiger partial charge in [-0.25, -0.2) is 14.6 Å². The number of hydrogen-bond acceptors (Lipinski definition) is 4. The van der Waals surface area contributed by atoms with Gasteiger partial charge in [-0.2, -0.15) is 0 Å². The lowest BCUT2D eigenvalue weighted by Crippen LogP contribution is -2.14. The molecule has 0 unspecified atom stereocenters. The minimum atomic E-state index is -1.23. The Morgan fingerprint density at radius 3 is 2.75 bits per heavy atom. The fraction of sp³-hybridized carbons (Fsp3) is 0.364. The van der Waals surface area contributed by atoms with Crippen molar-refractivity contribution in [3.8, 4) is 0 Å². The Bertz CT molecular complexity index is 414. The molecule has 0 bridgehead atoms. The number of aromatic carboxylic acids is 1. The summed E-state index contributed by atoms with van der Waals surface area (Å²) in [5, 5.41) is 8.86. The summed E-state index contributed by atoms with van der Waals surface area (Å²) in [7, 11) is 0. The third-order valence-electron chi connectivity index (χ3n) is 1.88. The summed E-state index contributed by atoms with van der Waals surface area (Å²) in [6, 6.07) is 1.47. The van der Waals surface area contributed by atoms with Crippen LogP contribution in [0.1, 0.15) is 39.8 Å². The lowest BCUT2D eigenvalue weighted by Gasteiger charge is -2.06. The molecule has 0 aliphatic rings. The number of ether oxygens (including phenoxy) is 1. The Balaban J connectivity index is 3.04. The third-order valence-corrected chi connectivity index (χ3v) is 1.88. The van der Waals surface area contributed by atoms with Crippen LogP contribution >= 0.6 is 0 Å². The number of carbonyl (C=O) groups is 2. The molecule has 0 radical (unpaired) electrons. The Morgan fingerprint density at radius 1 is 1.50 bits per heavy atom. The Labute approximate surface area is 93.1 Å². The number of rotatable bonds is 4. The number of aryl methyl sites for hydroxylation is 1. The van der Waals surface area contributed by atoms with Crippen molar-refractivity contribution in [1.29, 1.82) is 0 Å². The van der Waals surface area contributed by atoms with E-state index in [1.807, 2.05) is 6.92 Å².